The van der Waals surface area contributed by atoms with E-state index in [1.165, 1.54) is 6.92 Å². The Hall–Kier alpha value is -0.330. The molecule has 0 spiro atoms. The molecular weight excluding hydrogens is 76.1 g/mol. The fraction of sp³-hybridized carbons (Fsp3) is 0.800. The van der Waals surface area contributed by atoms with Crippen LogP contribution >= 0.6 is 0 Å². The number of hydrogen-bond donors (Lipinski definition) is 0. The van der Waals surface area contributed by atoms with Crippen molar-refractivity contribution in [3.05, 3.63) is 0 Å². The maximum atomic E-state index is 9.86. The summed E-state index contributed by atoms with van der Waals surface area (Å²) in [6.07, 6.45) is -2.22. The van der Waals surface area contributed by atoms with Crippen molar-refractivity contribution < 1.29 is 8.91 Å². The molecule has 0 saturated heterocycles. The lowest BCUT2D eigenvalue weighted by Gasteiger charge is -1.79. The lowest BCUT2D eigenvalue weighted by atomic mass is 10.3. The first-order valence-electron chi connectivity index (χ1n) is 3.55. The first kappa shape index (κ1) is 2.10. The van der Waals surface area contributed by atoms with E-state index in [-0.39, 0.29) is 0 Å². The SMILES string of the molecule is [2H][C@H]([C@@H]([2H])C)[C@@H]([2H])C=O. The van der Waals surface area contributed by atoms with Crippen molar-refractivity contribution in [1.82, 2.24) is 0 Å². The molecule has 1 heteroatoms. The van der Waals surface area contributed by atoms with Crippen LogP contribution in [0.2, 0.25) is 0 Å². The second kappa shape index (κ2) is 4.67. The van der Waals surface area contributed by atoms with Gasteiger partial charge in [0, 0.05) is 10.5 Å². The molecule has 3 atom stereocenters. The predicted molar refractivity (Wildman–Crippen MR) is 25.6 cm³/mol. The lowest BCUT2D eigenvalue weighted by Crippen LogP contribution is -1.70. The molecule has 1 nitrogen and oxygen atoms in total. The molecule has 0 unspecified atom stereocenters. The summed E-state index contributed by atoms with van der Waals surface area (Å²) in [6.45, 7) is 1.50. The Balaban J connectivity index is 3.71. The Labute approximate surface area is 42.6 Å². The zero-order valence-corrected chi connectivity index (χ0v) is 3.72. The summed E-state index contributed by atoms with van der Waals surface area (Å²) in [5.74, 6) is 0. The fourth-order valence-corrected chi connectivity index (χ4v) is 0.156. The van der Waals surface area contributed by atoms with E-state index in [0.717, 1.165) is 0 Å². The van der Waals surface area contributed by atoms with Crippen molar-refractivity contribution in [2.24, 2.45) is 0 Å². The van der Waals surface area contributed by atoms with Crippen LogP contribution < -0.4 is 0 Å². The van der Waals surface area contributed by atoms with E-state index in [0.29, 0.717) is 6.29 Å². The van der Waals surface area contributed by atoms with Crippen LogP contribution in [0.5, 0.6) is 0 Å². The number of carbonyl (C=O) groups is 1. The summed E-state index contributed by atoms with van der Waals surface area (Å²) >= 11 is 0. The van der Waals surface area contributed by atoms with Gasteiger partial charge in [0.05, 0.1) is 0 Å². The number of carbonyl (C=O) groups excluding carboxylic acids is 1. The van der Waals surface area contributed by atoms with Gasteiger partial charge in [-0.1, -0.05) is 13.3 Å². The van der Waals surface area contributed by atoms with E-state index in [1.807, 2.05) is 0 Å². The first-order valence-corrected chi connectivity index (χ1v) is 1.81. The summed E-state index contributed by atoms with van der Waals surface area (Å²) in [6, 6.07) is 0. The molecule has 0 heterocycles. The largest absolute Gasteiger partial charge is 0.303 e. The number of rotatable bonds is 3. The van der Waals surface area contributed by atoms with E-state index >= 15 is 0 Å². The van der Waals surface area contributed by atoms with E-state index in [4.69, 9.17) is 4.11 Å². The molecule has 0 aliphatic rings. The van der Waals surface area contributed by atoms with E-state index in [2.05, 4.69) is 0 Å². The Morgan fingerprint density at radius 3 is 2.83 bits per heavy atom. The molecule has 36 valence electrons. The van der Waals surface area contributed by atoms with E-state index < -0.39 is 19.2 Å². The van der Waals surface area contributed by atoms with Gasteiger partial charge in [-0.15, -0.1) is 0 Å². The van der Waals surface area contributed by atoms with Gasteiger partial charge in [-0.05, 0) is 6.40 Å². The van der Waals surface area contributed by atoms with Gasteiger partial charge in [-0.2, -0.15) is 0 Å². The minimum absolute atomic E-state index is 0.392. The molecular formula is C5H10O. The zero-order valence-electron chi connectivity index (χ0n) is 6.72. The third-order valence-electron chi connectivity index (χ3n) is 0.382. The molecule has 0 amide bonds. The minimum atomic E-state index is -1.06. The quantitative estimate of drug-likeness (QED) is 0.477. The number of hydrogen-bond acceptors (Lipinski definition) is 1. The molecule has 0 bridgehead atoms. The summed E-state index contributed by atoms with van der Waals surface area (Å²) in [5, 5.41) is 0. The summed E-state index contributed by atoms with van der Waals surface area (Å²) < 4.78 is 20.9. The van der Waals surface area contributed by atoms with Crippen LogP contribution in [0.1, 0.15) is 30.2 Å². The molecule has 0 N–H and O–H groups in total. The van der Waals surface area contributed by atoms with Gasteiger partial charge < -0.3 is 4.79 Å². The van der Waals surface area contributed by atoms with Crippen LogP contribution in [-0.4, -0.2) is 6.29 Å². The zero-order chi connectivity index (χ0) is 7.44. The highest BCUT2D eigenvalue weighted by molar-refractivity contribution is 5.48. The highest BCUT2D eigenvalue weighted by Gasteiger charge is 1.74. The van der Waals surface area contributed by atoms with E-state index in [1.54, 1.807) is 0 Å². The van der Waals surface area contributed by atoms with Gasteiger partial charge in [0.1, 0.15) is 6.29 Å². The first-order chi connectivity index (χ1) is 4.09. The van der Waals surface area contributed by atoms with Crippen molar-refractivity contribution >= 4 is 6.29 Å². The monoisotopic (exact) mass is 89.1 g/mol. The predicted octanol–water partition coefficient (Wildman–Crippen LogP) is 1.38. The van der Waals surface area contributed by atoms with Crippen LogP contribution in [0, 0.1) is 0 Å². The minimum Gasteiger partial charge on any atom is -0.303 e. The molecule has 0 rings (SSSR count). The molecule has 0 saturated carbocycles. The molecule has 0 aromatic heterocycles. The van der Waals surface area contributed by atoms with Gasteiger partial charge >= 0.3 is 0 Å². The molecule has 0 aliphatic heterocycles. The molecule has 0 aromatic carbocycles. The van der Waals surface area contributed by atoms with Crippen LogP contribution in [0.3, 0.4) is 0 Å². The number of aldehydes is 1. The summed E-state index contributed by atoms with van der Waals surface area (Å²) in [5.41, 5.74) is 0. The molecule has 0 radical (unpaired) electrons. The van der Waals surface area contributed by atoms with Crippen LogP contribution in [0.4, 0.5) is 0 Å². The average molecular weight is 89.2 g/mol. The Morgan fingerprint density at radius 2 is 2.67 bits per heavy atom. The van der Waals surface area contributed by atoms with Gasteiger partial charge in [0.15, 0.2) is 0 Å². The Bertz CT molecular complexity index is 94.2. The highest BCUT2D eigenvalue weighted by Crippen LogP contribution is 1.87. The average Bonchev–Trinajstić information content (AvgIpc) is 1.84. The molecule has 0 fully saturated rings. The van der Waals surface area contributed by atoms with Gasteiger partial charge in [-0.3, -0.25) is 0 Å². The third kappa shape index (κ3) is 3.67. The van der Waals surface area contributed by atoms with Crippen LogP contribution in [0.15, 0.2) is 0 Å². The van der Waals surface area contributed by atoms with Crippen molar-refractivity contribution in [3.8, 4) is 0 Å². The second-order valence-electron chi connectivity index (χ2n) is 0.854. The fourth-order valence-electron chi connectivity index (χ4n) is 0.156. The van der Waals surface area contributed by atoms with Crippen molar-refractivity contribution in [2.75, 3.05) is 0 Å². The topological polar surface area (TPSA) is 17.1 Å². The second-order valence-corrected chi connectivity index (χ2v) is 0.854. The van der Waals surface area contributed by atoms with Crippen molar-refractivity contribution in [2.45, 2.75) is 26.1 Å². The van der Waals surface area contributed by atoms with Crippen LogP contribution in [-0.2, 0) is 4.79 Å². The van der Waals surface area contributed by atoms with Gasteiger partial charge in [0.2, 0.25) is 0 Å². The van der Waals surface area contributed by atoms with Gasteiger partial charge in [-0.25, -0.2) is 0 Å². The normalized spacial score (nSPS) is 31.2. The maximum Gasteiger partial charge on any atom is 0.119 e. The Morgan fingerprint density at radius 1 is 2.00 bits per heavy atom. The summed E-state index contributed by atoms with van der Waals surface area (Å²) in [4.78, 5) is 9.86. The molecule has 0 aliphatic carbocycles. The third-order valence-corrected chi connectivity index (χ3v) is 0.382. The maximum absolute atomic E-state index is 9.86. The highest BCUT2D eigenvalue weighted by atomic mass is 16.1. The Kier molecular flexibility index (Phi) is 1.64. The van der Waals surface area contributed by atoms with Crippen molar-refractivity contribution in [1.29, 1.82) is 0 Å². The van der Waals surface area contributed by atoms with Crippen molar-refractivity contribution in [3.63, 3.8) is 0 Å². The molecule has 6 heavy (non-hydrogen) atoms. The standard InChI is InChI=1S/C5H10O/c1-2-3-4-5-6/h5H,2-4H2,1H3/i2D,3D,4D/t2-,3+,4+/m0/s1. The van der Waals surface area contributed by atoms with E-state index in [9.17, 15) is 4.79 Å². The van der Waals surface area contributed by atoms with Crippen LogP contribution in [0.25, 0.3) is 0 Å². The lowest BCUT2D eigenvalue weighted by molar-refractivity contribution is -0.107. The summed E-state index contributed by atoms with van der Waals surface area (Å²) in [7, 11) is 0. The van der Waals surface area contributed by atoms with Gasteiger partial charge in [0.25, 0.3) is 0 Å². The smallest absolute Gasteiger partial charge is 0.119 e. The molecule has 0 aromatic rings.